The van der Waals surface area contributed by atoms with Gasteiger partial charge in [0.1, 0.15) is 11.5 Å². The summed E-state index contributed by atoms with van der Waals surface area (Å²) in [5, 5.41) is 15.6. The molecule has 2 N–H and O–H groups in total. The molecular weight excluding hydrogens is 405 g/mol. The Hall–Kier alpha value is -4.26. The highest BCUT2D eigenvalue weighted by Gasteiger charge is 2.11. The number of benzene rings is 3. The van der Waals surface area contributed by atoms with Crippen molar-refractivity contribution in [1.82, 2.24) is 25.3 Å². The van der Waals surface area contributed by atoms with E-state index in [4.69, 9.17) is 0 Å². The molecule has 0 unspecified atom stereocenters. The van der Waals surface area contributed by atoms with Gasteiger partial charge >= 0.3 is 0 Å². The topological polar surface area (TPSA) is 75.6 Å². The molecule has 7 heteroatoms. The van der Waals surface area contributed by atoms with Crippen LogP contribution >= 0.6 is 0 Å². The van der Waals surface area contributed by atoms with Crippen LogP contribution in [0.2, 0.25) is 0 Å². The first-order chi connectivity index (χ1) is 15.6. The highest BCUT2D eigenvalue weighted by Crippen LogP contribution is 2.29. The normalized spacial score (nSPS) is 11.1. The summed E-state index contributed by atoms with van der Waals surface area (Å²) in [5.41, 5.74) is 6.19. The van der Waals surface area contributed by atoms with Crippen molar-refractivity contribution in [3.8, 4) is 22.4 Å². The lowest BCUT2D eigenvalue weighted by Crippen LogP contribution is -2.22. The fourth-order valence-electron chi connectivity index (χ4n) is 3.69. The zero-order valence-electron chi connectivity index (χ0n) is 17.3. The van der Waals surface area contributed by atoms with Gasteiger partial charge in [-0.1, -0.05) is 36.4 Å². The van der Waals surface area contributed by atoms with E-state index in [0.29, 0.717) is 12.1 Å². The van der Waals surface area contributed by atoms with Crippen molar-refractivity contribution in [3.63, 3.8) is 0 Å². The molecule has 32 heavy (non-hydrogen) atoms. The number of hydrogen-bond donors (Lipinski definition) is 2. The summed E-state index contributed by atoms with van der Waals surface area (Å²) in [6.07, 6.45) is 3.74. The van der Waals surface area contributed by atoms with Gasteiger partial charge in [0.2, 0.25) is 0 Å². The molecule has 5 rings (SSSR count). The number of carbonyl (C=O) groups excluding carboxylic acids is 1. The molecule has 5 aromatic rings. The maximum atomic E-state index is 13.3. The predicted molar refractivity (Wildman–Crippen MR) is 121 cm³/mol. The number of aromatic nitrogens is 4. The molecule has 0 atom stereocenters. The molecule has 2 heterocycles. The van der Waals surface area contributed by atoms with Crippen molar-refractivity contribution in [3.05, 3.63) is 96.1 Å². The number of rotatable bonds is 5. The van der Waals surface area contributed by atoms with Crippen molar-refractivity contribution < 1.29 is 9.18 Å². The fraction of sp³-hybridized carbons (Fsp3) is 0.0800. The number of nitrogens with one attached hydrogen (secondary N) is 2. The Kier molecular flexibility index (Phi) is 4.99. The van der Waals surface area contributed by atoms with Crippen LogP contribution in [-0.4, -0.2) is 25.9 Å². The Morgan fingerprint density at radius 2 is 1.84 bits per heavy atom. The van der Waals surface area contributed by atoms with E-state index in [2.05, 4.69) is 38.8 Å². The van der Waals surface area contributed by atoms with Crippen LogP contribution in [0.15, 0.2) is 79.1 Å². The number of aromatic amines is 1. The minimum absolute atomic E-state index is 0.303. The summed E-state index contributed by atoms with van der Waals surface area (Å²) in [4.78, 5) is 12.2. The maximum absolute atomic E-state index is 13.3. The largest absolute Gasteiger partial charge is 0.348 e. The van der Waals surface area contributed by atoms with E-state index in [1.54, 1.807) is 16.9 Å². The van der Waals surface area contributed by atoms with Crippen LogP contribution in [0.5, 0.6) is 0 Å². The van der Waals surface area contributed by atoms with Gasteiger partial charge in [-0.05, 0) is 47.0 Å². The van der Waals surface area contributed by atoms with Gasteiger partial charge in [0.15, 0.2) is 0 Å². The van der Waals surface area contributed by atoms with E-state index in [0.717, 1.165) is 38.9 Å². The number of nitrogens with zero attached hydrogens (tertiary/aromatic N) is 3. The van der Waals surface area contributed by atoms with Gasteiger partial charge in [-0.15, -0.1) is 0 Å². The first-order valence-electron chi connectivity index (χ1n) is 10.2. The standard InChI is InChI=1S/C25H20FN5O/c1-31-15-20(14-28-31)24-22-10-9-18(12-23(22)29-30-24)17-7-5-16(6-8-17)13-27-25(32)19-3-2-4-21(26)11-19/h2-12,14-15H,13H2,1H3,(H,27,32)(H,29,30). The van der Waals surface area contributed by atoms with Gasteiger partial charge in [0, 0.05) is 36.3 Å². The van der Waals surface area contributed by atoms with Crippen LogP contribution in [0, 0.1) is 5.82 Å². The first-order valence-corrected chi connectivity index (χ1v) is 10.2. The third-order valence-electron chi connectivity index (χ3n) is 5.37. The van der Waals surface area contributed by atoms with Crippen LogP contribution in [0.25, 0.3) is 33.3 Å². The lowest BCUT2D eigenvalue weighted by atomic mass is 10.0. The van der Waals surface area contributed by atoms with Crippen LogP contribution in [0.1, 0.15) is 15.9 Å². The lowest BCUT2D eigenvalue weighted by molar-refractivity contribution is 0.0950. The Balaban J connectivity index is 1.31. The van der Waals surface area contributed by atoms with Crippen LogP contribution in [0.3, 0.4) is 0 Å². The average molecular weight is 425 g/mol. The van der Waals surface area contributed by atoms with Crippen molar-refractivity contribution in [2.45, 2.75) is 6.54 Å². The summed E-state index contributed by atoms with van der Waals surface area (Å²) in [6, 6.07) is 19.8. The number of H-pyrrole nitrogens is 1. The predicted octanol–water partition coefficient (Wildman–Crippen LogP) is 4.70. The number of aryl methyl sites for hydroxylation is 1. The first kappa shape index (κ1) is 19.7. The zero-order valence-corrected chi connectivity index (χ0v) is 17.3. The number of carbonyl (C=O) groups is 1. The molecule has 3 aromatic carbocycles. The Morgan fingerprint density at radius 3 is 2.59 bits per heavy atom. The number of halogens is 1. The molecule has 0 bridgehead atoms. The third-order valence-corrected chi connectivity index (χ3v) is 5.37. The van der Waals surface area contributed by atoms with Gasteiger partial charge in [-0.2, -0.15) is 10.2 Å². The number of hydrogen-bond acceptors (Lipinski definition) is 3. The molecule has 158 valence electrons. The van der Waals surface area contributed by atoms with Gasteiger partial charge in [-0.25, -0.2) is 4.39 Å². The molecule has 1 amide bonds. The van der Waals surface area contributed by atoms with Gasteiger partial charge in [-0.3, -0.25) is 14.6 Å². The summed E-state index contributed by atoms with van der Waals surface area (Å²) in [7, 11) is 1.88. The molecule has 6 nitrogen and oxygen atoms in total. The Labute approximate surface area is 183 Å². The maximum Gasteiger partial charge on any atom is 0.251 e. The van der Waals surface area contributed by atoms with E-state index in [1.807, 2.05) is 37.5 Å². The van der Waals surface area contributed by atoms with E-state index in [9.17, 15) is 9.18 Å². The minimum atomic E-state index is -0.427. The molecule has 0 radical (unpaired) electrons. The highest BCUT2D eigenvalue weighted by molar-refractivity contribution is 5.95. The molecule has 0 spiro atoms. The number of amides is 1. The quantitative estimate of drug-likeness (QED) is 0.429. The van der Waals surface area contributed by atoms with Gasteiger partial charge in [0.25, 0.3) is 5.91 Å². The smallest absolute Gasteiger partial charge is 0.251 e. The van der Waals surface area contributed by atoms with Crippen molar-refractivity contribution in [2.75, 3.05) is 0 Å². The summed E-state index contributed by atoms with van der Waals surface area (Å²) >= 11 is 0. The third kappa shape index (κ3) is 3.88. The number of fused-ring (bicyclic) bond motifs is 1. The SMILES string of the molecule is Cn1cc(-c2n[nH]c3cc(-c4ccc(CNC(=O)c5cccc(F)c5)cc4)ccc23)cn1. The minimum Gasteiger partial charge on any atom is -0.348 e. The molecular formula is C25H20FN5O. The molecule has 0 fully saturated rings. The molecule has 0 aliphatic heterocycles. The van der Waals surface area contributed by atoms with E-state index in [-0.39, 0.29) is 5.91 Å². The van der Waals surface area contributed by atoms with Crippen molar-refractivity contribution >= 4 is 16.8 Å². The fourth-order valence-corrected chi connectivity index (χ4v) is 3.69. The lowest BCUT2D eigenvalue weighted by Gasteiger charge is -2.07. The molecule has 0 saturated carbocycles. The average Bonchev–Trinajstić information content (AvgIpc) is 3.43. The summed E-state index contributed by atoms with van der Waals surface area (Å²) < 4.78 is 15.0. The Morgan fingerprint density at radius 1 is 1.03 bits per heavy atom. The molecule has 0 aliphatic carbocycles. The highest BCUT2D eigenvalue weighted by atomic mass is 19.1. The van der Waals surface area contributed by atoms with Crippen LogP contribution in [-0.2, 0) is 13.6 Å². The second kappa shape index (κ2) is 8.11. The molecule has 2 aromatic heterocycles. The van der Waals surface area contributed by atoms with Gasteiger partial charge < -0.3 is 5.32 Å². The van der Waals surface area contributed by atoms with Crippen molar-refractivity contribution in [2.24, 2.45) is 7.05 Å². The summed E-state index contributed by atoms with van der Waals surface area (Å²) in [6.45, 7) is 0.365. The van der Waals surface area contributed by atoms with Crippen LogP contribution < -0.4 is 5.32 Å². The van der Waals surface area contributed by atoms with E-state index >= 15 is 0 Å². The monoisotopic (exact) mass is 425 g/mol. The van der Waals surface area contributed by atoms with E-state index in [1.165, 1.54) is 18.2 Å². The van der Waals surface area contributed by atoms with Gasteiger partial charge in [0.05, 0.1) is 11.7 Å². The van der Waals surface area contributed by atoms with Crippen LogP contribution in [0.4, 0.5) is 4.39 Å². The van der Waals surface area contributed by atoms with E-state index < -0.39 is 5.82 Å². The summed E-state index contributed by atoms with van der Waals surface area (Å²) in [5.74, 6) is -0.730. The second-order valence-electron chi connectivity index (χ2n) is 7.63. The molecule has 0 saturated heterocycles. The van der Waals surface area contributed by atoms with Crippen molar-refractivity contribution in [1.29, 1.82) is 0 Å². The molecule has 0 aliphatic rings. The second-order valence-corrected chi connectivity index (χ2v) is 7.63. The zero-order chi connectivity index (χ0) is 22.1. The Bertz CT molecular complexity index is 1420.